The summed E-state index contributed by atoms with van der Waals surface area (Å²) in [6.07, 6.45) is 0.619. The molecule has 1 aliphatic heterocycles. The summed E-state index contributed by atoms with van der Waals surface area (Å²) in [6, 6.07) is 2.96. The van der Waals surface area contributed by atoms with Crippen LogP contribution >= 0.6 is 39.1 Å². The summed E-state index contributed by atoms with van der Waals surface area (Å²) in [4.78, 5) is -0.140. The van der Waals surface area contributed by atoms with Crippen LogP contribution in [-0.2, 0) is 19.5 Å². The van der Waals surface area contributed by atoms with Crippen molar-refractivity contribution in [1.29, 1.82) is 0 Å². The molecule has 0 radical (unpaired) electrons. The molecule has 0 amide bonds. The lowest BCUT2D eigenvalue weighted by molar-refractivity contribution is -0.0120. The van der Waals surface area contributed by atoms with Crippen LogP contribution in [0.15, 0.2) is 21.5 Å². The Balaban J connectivity index is 2.23. The van der Waals surface area contributed by atoms with Crippen LogP contribution in [0.3, 0.4) is 0 Å². The third-order valence-corrected chi connectivity index (χ3v) is 6.10. The molecule has 1 aromatic carbocycles. The van der Waals surface area contributed by atoms with Gasteiger partial charge in [0.05, 0.1) is 16.7 Å². The average molecular weight is 419 g/mol. The Kier molecular flexibility index (Phi) is 5.57. The van der Waals surface area contributed by atoms with Crippen molar-refractivity contribution in [2.45, 2.75) is 16.9 Å². The van der Waals surface area contributed by atoms with Crippen molar-refractivity contribution in [1.82, 2.24) is 4.72 Å². The molecule has 9 heteroatoms. The molecule has 1 unspecified atom stereocenters. The van der Waals surface area contributed by atoms with Crippen LogP contribution in [0, 0.1) is 0 Å². The van der Waals surface area contributed by atoms with Gasteiger partial charge in [-0.25, -0.2) is 13.1 Å². The highest BCUT2D eigenvalue weighted by atomic mass is 79.9. The van der Waals surface area contributed by atoms with Crippen molar-refractivity contribution >= 4 is 49.2 Å². The van der Waals surface area contributed by atoms with E-state index in [2.05, 4.69) is 20.7 Å². The maximum absolute atomic E-state index is 12.4. The first-order valence-corrected chi connectivity index (χ1v) is 9.10. The van der Waals surface area contributed by atoms with Crippen molar-refractivity contribution in [2.24, 2.45) is 0 Å². The van der Waals surface area contributed by atoms with E-state index < -0.39 is 15.6 Å². The molecule has 21 heavy (non-hydrogen) atoms. The first-order chi connectivity index (χ1) is 9.80. The monoisotopic (exact) mass is 417 g/mol. The van der Waals surface area contributed by atoms with Gasteiger partial charge >= 0.3 is 0 Å². The highest BCUT2D eigenvalue weighted by Gasteiger charge is 2.36. The molecule has 0 spiro atoms. The molecule has 0 bridgehead atoms. The van der Waals surface area contributed by atoms with Gasteiger partial charge in [-0.05, 0) is 12.1 Å². The number of benzene rings is 1. The third-order valence-electron chi connectivity index (χ3n) is 3.32. The summed E-state index contributed by atoms with van der Waals surface area (Å²) in [5, 5.41) is 0.104. The molecule has 1 fully saturated rings. The van der Waals surface area contributed by atoms with Gasteiger partial charge < -0.3 is 9.47 Å². The smallest absolute Gasteiger partial charge is 0.243 e. The fourth-order valence-corrected chi connectivity index (χ4v) is 5.09. The fourth-order valence-electron chi connectivity index (χ4n) is 2.05. The number of sulfonamides is 1. The van der Waals surface area contributed by atoms with E-state index in [1.165, 1.54) is 19.2 Å². The summed E-state index contributed by atoms with van der Waals surface area (Å²) < 4.78 is 38.6. The topological polar surface area (TPSA) is 64.6 Å². The van der Waals surface area contributed by atoms with Crippen molar-refractivity contribution in [2.75, 3.05) is 26.9 Å². The van der Waals surface area contributed by atoms with Crippen molar-refractivity contribution in [3.63, 3.8) is 0 Å². The lowest BCUT2D eigenvalue weighted by atomic mass is 10.0. The highest BCUT2D eigenvalue weighted by Crippen LogP contribution is 2.33. The van der Waals surface area contributed by atoms with Gasteiger partial charge in [-0.1, -0.05) is 39.1 Å². The predicted molar refractivity (Wildman–Crippen MR) is 84.5 cm³/mol. The van der Waals surface area contributed by atoms with Gasteiger partial charge in [0.25, 0.3) is 0 Å². The normalized spacial score (nSPS) is 22.7. The largest absolute Gasteiger partial charge is 0.378 e. The molecule has 0 aromatic heterocycles. The molecule has 1 aliphatic rings. The molecule has 0 saturated carbocycles. The number of hydrogen-bond acceptors (Lipinski definition) is 4. The van der Waals surface area contributed by atoms with E-state index in [4.69, 9.17) is 32.7 Å². The SMILES string of the molecule is COC1(CNS(=O)(=O)c2c(Cl)cc(Br)cc2Cl)CCOC1. The summed E-state index contributed by atoms with van der Waals surface area (Å²) in [6.45, 7) is 0.970. The van der Waals surface area contributed by atoms with Gasteiger partial charge in [-0.3, -0.25) is 0 Å². The van der Waals surface area contributed by atoms with Crippen LogP contribution in [0.1, 0.15) is 6.42 Å². The van der Waals surface area contributed by atoms with Crippen LogP contribution in [0.2, 0.25) is 10.0 Å². The van der Waals surface area contributed by atoms with E-state index in [1.807, 2.05) is 0 Å². The number of hydrogen-bond donors (Lipinski definition) is 1. The third kappa shape index (κ3) is 3.90. The number of methoxy groups -OCH3 is 1. The summed E-state index contributed by atoms with van der Waals surface area (Å²) >= 11 is 15.2. The Bertz CT molecular complexity index is 609. The van der Waals surface area contributed by atoms with E-state index in [-0.39, 0.29) is 21.5 Å². The molecular formula is C12H14BrCl2NO4S. The molecule has 5 nitrogen and oxygen atoms in total. The zero-order valence-corrected chi connectivity index (χ0v) is 15.1. The molecule has 1 saturated heterocycles. The summed E-state index contributed by atoms with van der Waals surface area (Å²) in [5.74, 6) is 0. The van der Waals surface area contributed by atoms with E-state index in [0.29, 0.717) is 24.1 Å². The summed E-state index contributed by atoms with van der Waals surface area (Å²) in [5.41, 5.74) is -0.651. The van der Waals surface area contributed by atoms with E-state index in [0.717, 1.165) is 0 Å². The number of halogens is 3. The molecule has 1 N–H and O–H groups in total. The lowest BCUT2D eigenvalue weighted by Crippen LogP contribution is -2.45. The minimum absolute atomic E-state index is 0.0519. The van der Waals surface area contributed by atoms with E-state index in [9.17, 15) is 8.42 Å². The van der Waals surface area contributed by atoms with Gasteiger partial charge in [-0.2, -0.15) is 0 Å². The molecular weight excluding hydrogens is 405 g/mol. The van der Waals surface area contributed by atoms with Crippen LogP contribution in [0.4, 0.5) is 0 Å². The van der Waals surface area contributed by atoms with E-state index in [1.54, 1.807) is 0 Å². The van der Waals surface area contributed by atoms with Crippen LogP contribution in [-0.4, -0.2) is 40.9 Å². The van der Waals surface area contributed by atoms with Crippen molar-refractivity contribution < 1.29 is 17.9 Å². The lowest BCUT2D eigenvalue weighted by Gasteiger charge is -2.26. The van der Waals surface area contributed by atoms with Crippen LogP contribution in [0.25, 0.3) is 0 Å². The van der Waals surface area contributed by atoms with E-state index >= 15 is 0 Å². The molecule has 2 rings (SSSR count). The van der Waals surface area contributed by atoms with Crippen LogP contribution < -0.4 is 4.72 Å². The first-order valence-electron chi connectivity index (χ1n) is 6.07. The summed E-state index contributed by atoms with van der Waals surface area (Å²) in [7, 11) is -2.31. The molecule has 1 heterocycles. The second kappa shape index (κ2) is 6.70. The average Bonchev–Trinajstić information content (AvgIpc) is 2.84. The zero-order valence-electron chi connectivity index (χ0n) is 11.2. The Labute approximate surface area is 142 Å². The Morgan fingerprint density at radius 3 is 2.52 bits per heavy atom. The van der Waals surface area contributed by atoms with Crippen LogP contribution in [0.5, 0.6) is 0 Å². The molecule has 1 aromatic rings. The number of rotatable bonds is 5. The van der Waals surface area contributed by atoms with Crippen molar-refractivity contribution in [3.05, 3.63) is 26.7 Å². The van der Waals surface area contributed by atoms with Gasteiger partial charge in [0, 0.05) is 31.2 Å². The van der Waals surface area contributed by atoms with Gasteiger partial charge in [0.2, 0.25) is 10.0 Å². The van der Waals surface area contributed by atoms with Gasteiger partial charge in [0.1, 0.15) is 10.5 Å². The number of ether oxygens (including phenoxy) is 2. The molecule has 0 aliphatic carbocycles. The number of nitrogens with one attached hydrogen (secondary N) is 1. The second-order valence-corrected chi connectivity index (χ2v) is 8.15. The Hall–Kier alpha value is 0.110. The quantitative estimate of drug-likeness (QED) is 0.798. The van der Waals surface area contributed by atoms with Gasteiger partial charge in [-0.15, -0.1) is 0 Å². The maximum atomic E-state index is 12.4. The highest BCUT2D eigenvalue weighted by molar-refractivity contribution is 9.10. The molecule has 118 valence electrons. The first kappa shape index (κ1) is 17.5. The Morgan fingerprint density at radius 1 is 1.43 bits per heavy atom. The standard InChI is InChI=1S/C12H14BrCl2NO4S/c1-19-12(2-3-20-7-12)6-16-21(17,18)11-9(14)4-8(13)5-10(11)15/h4-5,16H,2-3,6-7H2,1H3. The van der Waals surface area contributed by atoms with Gasteiger partial charge in [0.15, 0.2) is 0 Å². The minimum atomic E-state index is -3.84. The fraction of sp³-hybridized carbons (Fsp3) is 0.500. The minimum Gasteiger partial charge on any atom is -0.378 e. The second-order valence-electron chi connectivity index (χ2n) is 4.71. The Morgan fingerprint density at radius 2 is 2.05 bits per heavy atom. The zero-order chi connectivity index (χ0) is 15.7. The molecule has 1 atom stereocenters. The maximum Gasteiger partial charge on any atom is 0.243 e. The van der Waals surface area contributed by atoms with Crippen molar-refractivity contribution in [3.8, 4) is 0 Å². The predicted octanol–water partition coefficient (Wildman–Crippen LogP) is 2.84.